The van der Waals surface area contributed by atoms with Crippen molar-refractivity contribution < 1.29 is 12.8 Å². The highest BCUT2D eigenvalue weighted by Crippen LogP contribution is 2.38. The first kappa shape index (κ1) is 18.7. The van der Waals surface area contributed by atoms with Gasteiger partial charge < -0.3 is 4.42 Å². The lowest BCUT2D eigenvalue weighted by molar-refractivity contribution is 0.598. The van der Waals surface area contributed by atoms with Gasteiger partial charge in [-0.2, -0.15) is 0 Å². The van der Waals surface area contributed by atoms with E-state index in [1.807, 2.05) is 48.5 Å². The molecule has 0 aliphatic heterocycles. The number of sulfonamides is 1. The Bertz CT molecular complexity index is 1580. The van der Waals surface area contributed by atoms with E-state index in [0.717, 1.165) is 31.7 Å². The van der Waals surface area contributed by atoms with Crippen molar-refractivity contribution in [2.45, 2.75) is 4.90 Å². The fourth-order valence-electron chi connectivity index (χ4n) is 3.53. The van der Waals surface area contributed by atoms with E-state index in [1.165, 1.54) is 23.5 Å². The molecule has 2 aromatic heterocycles. The van der Waals surface area contributed by atoms with Crippen LogP contribution in [0.2, 0.25) is 0 Å². The van der Waals surface area contributed by atoms with Crippen molar-refractivity contribution >= 4 is 42.4 Å². The molecular formula is C23H15NO4S2. The quantitative estimate of drug-likeness (QED) is 0.434. The van der Waals surface area contributed by atoms with E-state index in [-0.39, 0.29) is 10.3 Å². The van der Waals surface area contributed by atoms with Gasteiger partial charge in [0, 0.05) is 25.9 Å². The standard InChI is InChI=1S/C23H15NO4S2/c24-30(26,27)17-8-5-14(6-9-17)23-21(16-7-10-19-15(13-16)11-12-28-19)22(25)18-3-1-2-4-20(18)29-23/h1-13H,(H2,24,26,27). The van der Waals surface area contributed by atoms with Gasteiger partial charge in [-0.05, 0) is 53.6 Å². The first-order valence-electron chi connectivity index (χ1n) is 9.08. The smallest absolute Gasteiger partial charge is 0.238 e. The minimum Gasteiger partial charge on any atom is -0.464 e. The summed E-state index contributed by atoms with van der Waals surface area (Å²) in [5.41, 5.74) is 2.77. The van der Waals surface area contributed by atoms with Gasteiger partial charge in [0.1, 0.15) is 5.58 Å². The summed E-state index contributed by atoms with van der Waals surface area (Å²) in [5, 5.41) is 6.77. The third-order valence-corrected chi connectivity index (χ3v) is 7.13. The van der Waals surface area contributed by atoms with Gasteiger partial charge in [0.2, 0.25) is 10.0 Å². The number of nitrogens with two attached hydrogens (primary N) is 1. The van der Waals surface area contributed by atoms with Crippen LogP contribution in [0, 0.1) is 0 Å². The first-order chi connectivity index (χ1) is 14.4. The van der Waals surface area contributed by atoms with Crippen molar-refractivity contribution in [2.24, 2.45) is 5.14 Å². The SMILES string of the molecule is NS(=O)(=O)c1ccc(-c2sc3ccccc3c(=O)c2-c2ccc3occc3c2)cc1. The summed E-state index contributed by atoms with van der Waals surface area (Å²) >= 11 is 1.49. The highest BCUT2D eigenvalue weighted by molar-refractivity contribution is 7.89. The fourth-order valence-corrected chi connectivity index (χ4v) is 5.24. The molecule has 0 atom stereocenters. The van der Waals surface area contributed by atoms with Crippen LogP contribution < -0.4 is 10.6 Å². The van der Waals surface area contributed by atoms with Crippen LogP contribution in [0.4, 0.5) is 0 Å². The Morgan fingerprint density at radius 2 is 1.60 bits per heavy atom. The lowest BCUT2D eigenvalue weighted by Gasteiger charge is -2.11. The molecule has 0 aliphatic carbocycles. The molecule has 5 aromatic rings. The van der Waals surface area contributed by atoms with Crippen LogP contribution in [-0.4, -0.2) is 8.42 Å². The van der Waals surface area contributed by atoms with E-state index in [9.17, 15) is 13.2 Å². The Kier molecular flexibility index (Phi) is 4.32. The topological polar surface area (TPSA) is 90.4 Å². The van der Waals surface area contributed by atoms with Gasteiger partial charge in [0.15, 0.2) is 5.43 Å². The maximum Gasteiger partial charge on any atom is 0.238 e. The number of fused-ring (bicyclic) bond motifs is 2. The molecule has 3 aromatic carbocycles. The van der Waals surface area contributed by atoms with E-state index in [4.69, 9.17) is 9.56 Å². The third kappa shape index (κ3) is 3.13. The van der Waals surface area contributed by atoms with Crippen LogP contribution in [0.3, 0.4) is 0 Å². The van der Waals surface area contributed by atoms with Crippen LogP contribution in [-0.2, 0) is 10.0 Å². The Labute approximate surface area is 176 Å². The minimum atomic E-state index is -3.79. The predicted molar refractivity (Wildman–Crippen MR) is 120 cm³/mol. The Morgan fingerprint density at radius 1 is 0.867 bits per heavy atom. The lowest BCUT2D eigenvalue weighted by Crippen LogP contribution is -2.11. The van der Waals surface area contributed by atoms with Gasteiger partial charge in [-0.3, -0.25) is 4.79 Å². The van der Waals surface area contributed by atoms with Crippen molar-refractivity contribution in [2.75, 3.05) is 0 Å². The molecule has 0 fully saturated rings. The van der Waals surface area contributed by atoms with E-state index in [2.05, 4.69) is 0 Å². The molecule has 0 aliphatic rings. The Balaban J connectivity index is 1.82. The number of benzene rings is 3. The van der Waals surface area contributed by atoms with E-state index >= 15 is 0 Å². The lowest BCUT2D eigenvalue weighted by atomic mass is 9.99. The average Bonchev–Trinajstić information content (AvgIpc) is 3.21. The molecule has 148 valence electrons. The molecule has 0 radical (unpaired) electrons. The summed E-state index contributed by atoms with van der Waals surface area (Å²) in [5.74, 6) is 0. The van der Waals surface area contributed by atoms with Gasteiger partial charge in [0.25, 0.3) is 0 Å². The molecule has 0 saturated heterocycles. The minimum absolute atomic E-state index is 0.0285. The third-order valence-electron chi connectivity index (χ3n) is 4.98. The van der Waals surface area contributed by atoms with Crippen molar-refractivity contribution in [3.05, 3.63) is 89.3 Å². The zero-order chi connectivity index (χ0) is 20.9. The molecule has 0 unspecified atom stereocenters. The van der Waals surface area contributed by atoms with Gasteiger partial charge in [0.05, 0.1) is 11.2 Å². The highest BCUT2D eigenvalue weighted by atomic mass is 32.2. The average molecular weight is 434 g/mol. The molecule has 5 rings (SSSR count). The van der Waals surface area contributed by atoms with Crippen molar-refractivity contribution in [1.82, 2.24) is 0 Å². The number of hydrogen-bond donors (Lipinski definition) is 1. The van der Waals surface area contributed by atoms with Crippen LogP contribution in [0.15, 0.2) is 93.2 Å². The van der Waals surface area contributed by atoms with E-state index in [1.54, 1.807) is 18.4 Å². The number of hydrogen-bond acceptors (Lipinski definition) is 5. The summed E-state index contributed by atoms with van der Waals surface area (Å²) < 4.78 is 29.5. The summed E-state index contributed by atoms with van der Waals surface area (Å²) in [6, 6.07) is 21.2. The molecule has 2 N–H and O–H groups in total. The van der Waals surface area contributed by atoms with E-state index < -0.39 is 10.0 Å². The summed E-state index contributed by atoms with van der Waals surface area (Å²) in [7, 11) is -3.79. The van der Waals surface area contributed by atoms with Crippen molar-refractivity contribution in [1.29, 1.82) is 0 Å². The largest absolute Gasteiger partial charge is 0.464 e. The zero-order valence-corrected chi connectivity index (χ0v) is 17.2. The number of primary sulfonamides is 1. The van der Waals surface area contributed by atoms with Crippen LogP contribution in [0.25, 0.3) is 42.6 Å². The van der Waals surface area contributed by atoms with Crippen LogP contribution in [0.5, 0.6) is 0 Å². The van der Waals surface area contributed by atoms with Crippen LogP contribution in [0.1, 0.15) is 0 Å². The highest BCUT2D eigenvalue weighted by Gasteiger charge is 2.17. The summed E-state index contributed by atoms with van der Waals surface area (Å²) in [6.45, 7) is 0. The number of furan rings is 1. The maximum atomic E-state index is 13.5. The van der Waals surface area contributed by atoms with E-state index in [0.29, 0.717) is 10.9 Å². The zero-order valence-electron chi connectivity index (χ0n) is 15.5. The molecule has 0 saturated carbocycles. The van der Waals surface area contributed by atoms with Gasteiger partial charge in [-0.1, -0.05) is 30.3 Å². The second-order valence-corrected chi connectivity index (χ2v) is 9.49. The molecule has 0 bridgehead atoms. The molecule has 0 spiro atoms. The summed E-state index contributed by atoms with van der Waals surface area (Å²) in [4.78, 5) is 14.3. The Hall–Kier alpha value is -3.26. The molecule has 5 nitrogen and oxygen atoms in total. The van der Waals surface area contributed by atoms with Crippen molar-refractivity contribution in [3.8, 4) is 21.6 Å². The molecule has 2 heterocycles. The molecular weight excluding hydrogens is 418 g/mol. The molecule has 0 amide bonds. The predicted octanol–water partition coefficient (Wildman–Crippen LogP) is 4.99. The molecule has 7 heteroatoms. The number of rotatable bonds is 3. The van der Waals surface area contributed by atoms with Gasteiger partial charge >= 0.3 is 0 Å². The fraction of sp³-hybridized carbons (Fsp3) is 0. The van der Waals surface area contributed by atoms with Crippen molar-refractivity contribution in [3.63, 3.8) is 0 Å². The van der Waals surface area contributed by atoms with Gasteiger partial charge in [-0.25, -0.2) is 13.6 Å². The molecule has 30 heavy (non-hydrogen) atoms. The second kappa shape index (κ2) is 6.91. The maximum absolute atomic E-state index is 13.5. The summed E-state index contributed by atoms with van der Waals surface area (Å²) in [6.07, 6.45) is 1.61. The monoisotopic (exact) mass is 433 g/mol. The first-order valence-corrected chi connectivity index (χ1v) is 11.4. The second-order valence-electron chi connectivity index (χ2n) is 6.87. The van der Waals surface area contributed by atoms with Crippen LogP contribution >= 0.6 is 11.3 Å². The van der Waals surface area contributed by atoms with Gasteiger partial charge in [-0.15, -0.1) is 11.3 Å². The Morgan fingerprint density at radius 3 is 2.37 bits per heavy atom. The normalized spacial score (nSPS) is 11.9.